The first-order valence-electron chi connectivity index (χ1n) is 9.37. The maximum absolute atomic E-state index is 12.3. The van der Waals surface area contributed by atoms with Gasteiger partial charge in [-0.3, -0.25) is 13.8 Å². The SMILES string of the molecule is COc1ccc(C)cc1-n1c(SCc2cc(=O)n3ccsc3n2)nnc1-c1cccs1. The number of hydrogen-bond donors (Lipinski definition) is 0. The summed E-state index contributed by atoms with van der Waals surface area (Å²) in [6.45, 7) is 2.04. The average Bonchev–Trinajstić information content (AvgIpc) is 3.52. The molecule has 0 bridgehead atoms. The summed E-state index contributed by atoms with van der Waals surface area (Å²) in [5.41, 5.74) is 2.61. The number of thioether (sulfide) groups is 1. The van der Waals surface area contributed by atoms with Gasteiger partial charge in [-0.15, -0.1) is 32.9 Å². The van der Waals surface area contributed by atoms with Crippen LogP contribution < -0.4 is 10.3 Å². The van der Waals surface area contributed by atoms with Crippen LogP contribution in [0, 0.1) is 6.92 Å². The van der Waals surface area contributed by atoms with Gasteiger partial charge in [-0.1, -0.05) is 23.9 Å². The van der Waals surface area contributed by atoms with Crippen LogP contribution in [0.15, 0.2) is 63.3 Å². The highest BCUT2D eigenvalue weighted by molar-refractivity contribution is 7.98. The van der Waals surface area contributed by atoms with Crippen molar-refractivity contribution in [1.82, 2.24) is 24.1 Å². The van der Waals surface area contributed by atoms with E-state index in [4.69, 9.17) is 4.74 Å². The minimum Gasteiger partial charge on any atom is -0.495 e. The van der Waals surface area contributed by atoms with E-state index in [-0.39, 0.29) is 5.56 Å². The normalized spacial score (nSPS) is 11.3. The van der Waals surface area contributed by atoms with Gasteiger partial charge < -0.3 is 4.74 Å². The smallest absolute Gasteiger partial charge is 0.258 e. The lowest BCUT2D eigenvalue weighted by molar-refractivity contribution is 0.412. The Morgan fingerprint density at radius 1 is 1.13 bits per heavy atom. The standard InChI is InChI=1S/C21H17N5O2S3/c1-13-5-6-16(28-2)15(10-13)26-19(17-4-3-8-29-17)23-24-21(26)31-12-14-11-18(27)25-7-9-30-20(25)22-14/h3-11H,12H2,1-2H3. The highest BCUT2D eigenvalue weighted by atomic mass is 32.2. The van der Waals surface area contributed by atoms with Crippen LogP contribution in [0.4, 0.5) is 0 Å². The second-order valence-electron chi connectivity index (χ2n) is 6.72. The fourth-order valence-corrected chi connectivity index (χ4v) is 5.50. The number of methoxy groups -OCH3 is 1. The van der Waals surface area contributed by atoms with Crippen LogP contribution in [0.1, 0.15) is 11.3 Å². The Bertz CT molecular complexity index is 1420. The molecule has 0 amide bonds. The van der Waals surface area contributed by atoms with Crippen molar-refractivity contribution in [2.24, 2.45) is 0 Å². The maximum atomic E-state index is 12.3. The topological polar surface area (TPSA) is 74.3 Å². The average molecular weight is 468 g/mol. The van der Waals surface area contributed by atoms with E-state index in [0.717, 1.165) is 27.7 Å². The third-order valence-corrected chi connectivity index (χ3v) is 7.24. The number of thiophene rings is 1. The summed E-state index contributed by atoms with van der Waals surface area (Å²) in [6, 6.07) is 11.6. The van der Waals surface area contributed by atoms with Gasteiger partial charge in [-0.05, 0) is 36.1 Å². The number of thiazole rings is 1. The van der Waals surface area contributed by atoms with Crippen molar-refractivity contribution in [2.75, 3.05) is 7.11 Å². The largest absolute Gasteiger partial charge is 0.495 e. The minimum atomic E-state index is -0.0806. The Morgan fingerprint density at radius 2 is 2.03 bits per heavy atom. The molecule has 10 heteroatoms. The Morgan fingerprint density at radius 3 is 2.84 bits per heavy atom. The Hall–Kier alpha value is -2.95. The third-order valence-electron chi connectivity index (χ3n) is 4.66. The van der Waals surface area contributed by atoms with Gasteiger partial charge >= 0.3 is 0 Å². The van der Waals surface area contributed by atoms with Crippen LogP contribution in [-0.2, 0) is 5.75 Å². The number of hydrogen-bond acceptors (Lipinski definition) is 8. The molecule has 5 rings (SSSR count). The molecular weight excluding hydrogens is 450 g/mol. The number of aromatic nitrogens is 5. The highest BCUT2D eigenvalue weighted by Gasteiger charge is 2.20. The van der Waals surface area contributed by atoms with Crippen LogP contribution in [-0.4, -0.2) is 31.3 Å². The zero-order chi connectivity index (χ0) is 21.4. The summed E-state index contributed by atoms with van der Waals surface area (Å²) in [5, 5.41) is 13.5. The molecule has 4 heterocycles. The zero-order valence-electron chi connectivity index (χ0n) is 16.7. The fourth-order valence-electron chi connectivity index (χ4n) is 3.22. The molecule has 0 aliphatic rings. The molecule has 7 nitrogen and oxygen atoms in total. The quantitative estimate of drug-likeness (QED) is 0.338. The molecule has 1 aromatic carbocycles. The lowest BCUT2D eigenvalue weighted by Crippen LogP contribution is -2.12. The Labute approximate surface area is 190 Å². The molecule has 4 aromatic heterocycles. The monoisotopic (exact) mass is 467 g/mol. The summed E-state index contributed by atoms with van der Waals surface area (Å²) in [7, 11) is 1.66. The van der Waals surface area contributed by atoms with Crippen LogP contribution >= 0.6 is 34.4 Å². The molecule has 0 unspecified atom stereocenters. The van der Waals surface area contributed by atoms with Gasteiger partial charge in [0.1, 0.15) is 5.75 Å². The van der Waals surface area contributed by atoms with Crippen LogP contribution in [0.25, 0.3) is 21.3 Å². The van der Waals surface area contributed by atoms with E-state index in [2.05, 4.69) is 21.2 Å². The van der Waals surface area contributed by atoms with Crippen molar-refractivity contribution >= 4 is 39.4 Å². The molecular formula is C21H17N5O2S3. The summed E-state index contributed by atoms with van der Waals surface area (Å²) < 4.78 is 9.19. The molecule has 5 aromatic rings. The van der Waals surface area contributed by atoms with Gasteiger partial charge in [0.05, 0.1) is 23.4 Å². The molecule has 156 valence electrons. The molecule has 0 spiro atoms. The lowest BCUT2D eigenvalue weighted by atomic mass is 10.2. The molecule has 0 aliphatic heterocycles. The van der Waals surface area contributed by atoms with Crippen molar-refractivity contribution in [3.05, 3.63) is 75.0 Å². The molecule has 0 saturated heterocycles. The predicted octanol–water partition coefficient (Wildman–Crippen LogP) is 4.67. The van der Waals surface area contributed by atoms with Gasteiger partial charge in [0.2, 0.25) is 0 Å². The van der Waals surface area contributed by atoms with Crippen LogP contribution in [0.3, 0.4) is 0 Å². The molecule has 31 heavy (non-hydrogen) atoms. The number of nitrogens with zero attached hydrogens (tertiary/aromatic N) is 5. The summed E-state index contributed by atoms with van der Waals surface area (Å²) in [5.74, 6) is 1.99. The van der Waals surface area contributed by atoms with E-state index in [9.17, 15) is 4.79 Å². The number of ether oxygens (including phenoxy) is 1. The predicted molar refractivity (Wildman–Crippen MR) is 125 cm³/mol. The lowest BCUT2D eigenvalue weighted by Gasteiger charge is -2.14. The van der Waals surface area contributed by atoms with E-state index in [1.165, 1.54) is 23.1 Å². The van der Waals surface area contributed by atoms with Crippen molar-refractivity contribution in [3.8, 4) is 22.1 Å². The minimum absolute atomic E-state index is 0.0806. The number of benzene rings is 1. The number of rotatable bonds is 6. The molecule has 0 radical (unpaired) electrons. The molecule has 0 N–H and O–H groups in total. The first-order valence-corrected chi connectivity index (χ1v) is 12.1. The van der Waals surface area contributed by atoms with E-state index >= 15 is 0 Å². The van der Waals surface area contributed by atoms with Crippen molar-refractivity contribution in [2.45, 2.75) is 17.8 Å². The summed E-state index contributed by atoms with van der Waals surface area (Å²) in [6.07, 6.45) is 1.74. The third kappa shape index (κ3) is 3.78. The number of fused-ring (bicyclic) bond motifs is 1. The van der Waals surface area contributed by atoms with Gasteiger partial charge in [0.25, 0.3) is 5.56 Å². The van der Waals surface area contributed by atoms with E-state index in [1.807, 2.05) is 46.5 Å². The van der Waals surface area contributed by atoms with E-state index in [1.54, 1.807) is 35.1 Å². The second-order valence-corrected chi connectivity index (χ2v) is 9.49. The Balaban J connectivity index is 1.57. The van der Waals surface area contributed by atoms with Crippen molar-refractivity contribution < 1.29 is 4.74 Å². The summed E-state index contributed by atoms with van der Waals surface area (Å²) >= 11 is 4.54. The van der Waals surface area contributed by atoms with Gasteiger partial charge in [0.15, 0.2) is 15.9 Å². The second kappa shape index (κ2) is 8.29. The fraction of sp³-hybridized carbons (Fsp3) is 0.143. The maximum Gasteiger partial charge on any atom is 0.258 e. The molecule has 0 saturated carbocycles. The van der Waals surface area contributed by atoms with Crippen molar-refractivity contribution in [1.29, 1.82) is 0 Å². The van der Waals surface area contributed by atoms with Gasteiger partial charge in [0, 0.05) is 23.4 Å². The molecule has 0 aliphatic carbocycles. The highest BCUT2D eigenvalue weighted by Crippen LogP contribution is 2.35. The van der Waals surface area contributed by atoms with Crippen LogP contribution in [0.5, 0.6) is 5.75 Å². The van der Waals surface area contributed by atoms with Crippen molar-refractivity contribution in [3.63, 3.8) is 0 Å². The van der Waals surface area contributed by atoms with Crippen LogP contribution in [0.2, 0.25) is 0 Å². The number of aryl methyl sites for hydroxylation is 1. The summed E-state index contributed by atoms with van der Waals surface area (Å²) in [4.78, 5) is 18.6. The van der Waals surface area contributed by atoms with Gasteiger partial charge in [-0.25, -0.2) is 4.98 Å². The van der Waals surface area contributed by atoms with E-state index in [0.29, 0.717) is 21.6 Å². The van der Waals surface area contributed by atoms with E-state index < -0.39 is 0 Å². The first-order chi connectivity index (χ1) is 15.1. The Kier molecular flexibility index (Phi) is 5.34. The van der Waals surface area contributed by atoms with Gasteiger partial charge in [-0.2, -0.15) is 0 Å². The zero-order valence-corrected chi connectivity index (χ0v) is 19.1. The molecule has 0 atom stereocenters. The first kappa shape index (κ1) is 20.0. The molecule has 0 fully saturated rings.